The first kappa shape index (κ1) is 11.2. The lowest BCUT2D eigenvalue weighted by Gasteiger charge is -2.22. The zero-order chi connectivity index (χ0) is 10.5. The molecule has 0 saturated carbocycles. The largest absolute Gasteiger partial charge is 0.492 e. The minimum atomic E-state index is 0.724. The fraction of sp³-hybridized carbons (Fsp3) is 0.500. The molecule has 0 unspecified atom stereocenters. The van der Waals surface area contributed by atoms with Crippen LogP contribution in [0.25, 0.3) is 0 Å². The Morgan fingerprint density at radius 2 is 2.00 bits per heavy atom. The summed E-state index contributed by atoms with van der Waals surface area (Å²) in [6.45, 7) is 3.14. The summed E-state index contributed by atoms with van der Waals surface area (Å²) >= 11 is 2.32. The fourth-order valence-corrected chi connectivity index (χ4v) is 2.36. The predicted molar refractivity (Wildman–Crippen MR) is 70.2 cm³/mol. The van der Waals surface area contributed by atoms with E-state index in [1.54, 1.807) is 0 Å². The van der Waals surface area contributed by atoms with E-state index < -0.39 is 0 Å². The fourth-order valence-electron chi connectivity index (χ4n) is 1.82. The molecule has 1 saturated heterocycles. The second kappa shape index (κ2) is 5.70. The average molecular weight is 317 g/mol. The average Bonchev–Trinajstić information content (AvgIpc) is 2.29. The van der Waals surface area contributed by atoms with Gasteiger partial charge in [0.05, 0.1) is 10.2 Å². The van der Waals surface area contributed by atoms with Gasteiger partial charge in [-0.25, -0.2) is 0 Å². The molecule has 0 spiro atoms. The number of para-hydroxylation sites is 1. The Morgan fingerprint density at radius 1 is 1.27 bits per heavy atom. The van der Waals surface area contributed by atoms with E-state index in [1.807, 2.05) is 18.2 Å². The molecule has 2 nitrogen and oxygen atoms in total. The van der Waals surface area contributed by atoms with Gasteiger partial charge in [0.25, 0.3) is 0 Å². The van der Waals surface area contributed by atoms with E-state index in [1.165, 1.54) is 16.4 Å². The number of halogens is 1. The van der Waals surface area contributed by atoms with Crippen LogP contribution in [0, 0.1) is 9.49 Å². The van der Waals surface area contributed by atoms with Crippen LogP contribution in [0.3, 0.4) is 0 Å². The SMILES string of the molecule is Ic1ccccc1OCC1CCNCC1. The number of hydrogen-bond acceptors (Lipinski definition) is 2. The van der Waals surface area contributed by atoms with Gasteiger partial charge in [-0.3, -0.25) is 0 Å². The van der Waals surface area contributed by atoms with Crippen molar-refractivity contribution in [2.75, 3.05) is 19.7 Å². The maximum atomic E-state index is 5.84. The number of benzene rings is 1. The highest BCUT2D eigenvalue weighted by Crippen LogP contribution is 2.21. The van der Waals surface area contributed by atoms with Crippen LogP contribution in [0.2, 0.25) is 0 Å². The van der Waals surface area contributed by atoms with Crippen molar-refractivity contribution in [3.8, 4) is 5.75 Å². The molecular formula is C12H16INO. The summed E-state index contributed by atoms with van der Waals surface area (Å²) in [5, 5.41) is 3.37. The van der Waals surface area contributed by atoms with Gasteiger partial charge in [0.15, 0.2) is 0 Å². The van der Waals surface area contributed by atoms with Crippen LogP contribution in [0.15, 0.2) is 24.3 Å². The lowest BCUT2D eigenvalue weighted by molar-refractivity contribution is 0.214. The molecule has 1 aromatic carbocycles. The molecule has 15 heavy (non-hydrogen) atoms. The maximum absolute atomic E-state index is 5.84. The van der Waals surface area contributed by atoms with Crippen molar-refractivity contribution < 1.29 is 4.74 Å². The van der Waals surface area contributed by atoms with Crippen molar-refractivity contribution in [2.24, 2.45) is 5.92 Å². The molecule has 1 fully saturated rings. The van der Waals surface area contributed by atoms with Crippen LogP contribution >= 0.6 is 22.6 Å². The Kier molecular flexibility index (Phi) is 4.26. The number of nitrogens with one attached hydrogen (secondary N) is 1. The van der Waals surface area contributed by atoms with E-state index in [9.17, 15) is 0 Å². The van der Waals surface area contributed by atoms with Crippen LogP contribution in [-0.2, 0) is 0 Å². The first-order chi connectivity index (χ1) is 7.36. The van der Waals surface area contributed by atoms with E-state index in [4.69, 9.17) is 4.74 Å². The number of ether oxygens (including phenoxy) is 1. The standard InChI is InChI=1S/C12H16INO/c13-11-3-1-2-4-12(11)15-9-10-5-7-14-8-6-10/h1-4,10,14H,5-9H2. The van der Waals surface area contributed by atoms with Gasteiger partial charge in [0.2, 0.25) is 0 Å². The number of piperidine rings is 1. The van der Waals surface area contributed by atoms with E-state index in [2.05, 4.69) is 34.0 Å². The molecule has 3 heteroatoms. The van der Waals surface area contributed by atoms with Gasteiger partial charge in [-0.2, -0.15) is 0 Å². The van der Waals surface area contributed by atoms with Crippen LogP contribution in [0.1, 0.15) is 12.8 Å². The molecule has 0 atom stereocenters. The summed E-state index contributed by atoms with van der Waals surface area (Å²) in [5.74, 6) is 1.75. The molecule has 0 aromatic heterocycles. The molecule has 1 heterocycles. The van der Waals surface area contributed by atoms with Gasteiger partial charge in [-0.15, -0.1) is 0 Å². The van der Waals surface area contributed by atoms with Gasteiger partial charge < -0.3 is 10.1 Å². The second-order valence-corrected chi connectivity index (χ2v) is 5.10. The summed E-state index contributed by atoms with van der Waals surface area (Å²) in [7, 11) is 0. The topological polar surface area (TPSA) is 21.3 Å². The normalized spacial score (nSPS) is 17.7. The number of hydrogen-bond donors (Lipinski definition) is 1. The zero-order valence-electron chi connectivity index (χ0n) is 8.71. The Labute approximate surface area is 105 Å². The first-order valence-electron chi connectivity index (χ1n) is 5.44. The summed E-state index contributed by atoms with van der Waals surface area (Å²) in [5.41, 5.74) is 0. The highest BCUT2D eigenvalue weighted by atomic mass is 127. The van der Waals surface area contributed by atoms with E-state index in [0.29, 0.717) is 0 Å². The lowest BCUT2D eigenvalue weighted by Crippen LogP contribution is -2.30. The second-order valence-electron chi connectivity index (χ2n) is 3.93. The van der Waals surface area contributed by atoms with Crippen LogP contribution in [-0.4, -0.2) is 19.7 Å². The van der Waals surface area contributed by atoms with Gasteiger partial charge in [-0.1, -0.05) is 12.1 Å². The van der Waals surface area contributed by atoms with Gasteiger partial charge >= 0.3 is 0 Å². The van der Waals surface area contributed by atoms with Crippen molar-refractivity contribution in [1.29, 1.82) is 0 Å². The highest BCUT2D eigenvalue weighted by Gasteiger charge is 2.13. The quantitative estimate of drug-likeness (QED) is 0.866. The molecule has 0 aliphatic carbocycles. The van der Waals surface area contributed by atoms with Crippen LogP contribution < -0.4 is 10.1 Å². The highest BCUT2D eigenvalue weighted by molar-refractivity contribution is 14.1. The predicted octanol–water partition coefficient (Wildman–Crippen LogP) is 2.67. The number of rotatable bonds is 3. The van der Waals surface area contributed by atoms with Crippen molar-refractivity contribution in [3.05, 3.63) is 27.8 Å². The third-order valence-electron chi connectivity index (χ3n) is 2.77. The summed E-state index contributed by atoms with van der Waals surface area (Å²) in [4.78, 5) is 0. The van der Waals surface area contributed by atoms with Crippen molar-refractivity contribution in [1.82, 2.24) is 5.32 Å². The summed E-state index contributed by atoms with van der Waals surface area (Å²) in [6.07, 6.45) is 2.48. The molecule has 1 aliphatic heterocycles. The van der Waals surface area contributed by atoms with Crippen molar-refractivity contribution in [2.45, 2.75) is 12.8 Å². The minimum Gasteiger partial charge on any atom is -0.492 e. The molecule has 0 bridgehead atoms. The molecule has 1 aliphatic rings. The molecule has 0 radical (unpaired) electrons. The first-order valence-corrected chi connectivity index (χ1v) is 6.52. The van der Waals surface area contributed by atoms with Crippen molar-refractivity contribution in [3.63, 3.8) is 0 Å². The van der Waals surface area contributed by atoms with Crippen LogP contribution in [0.5, 0.6) is 5.75 Å². The van der Waals surface area contributed by atoms with E-state index in [-0.39, 0.29) is 0 Å². The Hall–Kier alpha value is -0.290. The molecule has 82 valence electrons. The Bertz CT molecular complexity index is 310. The molecule has 1 N–H and O–H groups in total. The lowest BCUT2D eigenvalue weighted by atomic mass is 9.99. The minimum absolute atomic E-state index is 0.724. The van der Waals surface area contributed by atoms with E-state index >= 15 is 0 Å². The zero-order valence-corrected chi connectivity index (χ0v) is 10.9. The summed E-state index contributed by atoms with van der Waals surface area (Å²) in [6, 6.07) is 8.19. The molecule has 1 aromatic rings. The molecule has 2 rings (SSSR count). The van der Waals surface area contributed by atoms with Crippen LogP contribution in [0.4, 0.5) is 0 Å². The van der Waals surface area contributed by atoms with Crippen molar-refractivity contribution >= 4 is 22.6 Å². The Balaban J connectivity index is 1.84. The van der Waals surface area contributed by atoms with Gasteiger partial charge in [0.1, 0.15) is 5.75 Å². The monoisotopic (exact) mass is 317 g/mol. The third kappa shape index (κ3) is 3.34. The maximum Gasteiger partial charge on any atom is 0.132 e. The van der Waals surface area contributed by atoms with E-state index in [0.717, 1.165) is 31.4 Å². The molecule has 0 amide bonds. The van der Waals surface area contributed by atoms with Gasteiger partial charge in [-0.05, 0) is 66.6 Å². The molecular weight excluding hydrogens is 301 g/mol. The van der Waals surface area contributed by atoms with Gasteiger partial charge in [0, 0.05) is 0 Å². The smallest absolute Gasteiger partial charge is 0.132 e. The summed E-state index contributed by atoms with van der Waals surface area (Å²) < 4.78 is 7.04. The Morgan fingerprint density at radius 3 is 2.73 bits per heavy atom. The third-order valence-corrected chi connectivity index (χ3v) is 3.66.